The van der Waals surface area contributed by atoms with Crippen molar-refractivity contribution in [1.29, 1.82) is 0 Å². The van der Waals surface area contributed by atoms with Crippen LogP contribution in [0.2, 0.25) is 0 Å². The molecule has 0 spiro atoms. The van der Waals surface area contributed by atoms with Gasteiger partial charge < -0.3 is 4.90 Å². The summed E-state index contributed by atoms with van der Waals surface area (Å²) in [6.07, 6.45) is 2.31. The largest absolute Gasteiger partial charge is 0.336 e. The molecule has 204 valence electrons. The minimum atomic E-state index is -3.71. The van der Waals surface area contributed by atoms with Gasteiger partial charge in [-0.2, -0.15) is 4.31 Å². The van der Waals surface area contributed by atoms with Gasteiger partial charge in [0.05, 0.1) is 10.9 Å². The van der Waals surface area contributed by atoms with Crippen molar-refractivity contribution >= 4 is 15.9 Å². The molecule has 0 bridgehead atoms. The molecular formula is C31H36N4O3S. The van der Waals surface area contributed by atoms with Gasteiger partial charge in [0.25, 0.3) is 5.91 Å². The second-order valence-corrected chi connectivity index (χ2v) is 12.7. The monoisotopic (exact) mass is 544 g/mol. The molecule has 0 saturated carbocycles. The molecule has 7 nitrogen and oxygen atoms in total. The standard InChI is InChI=1S/C31H36N4O3S/c36-31(34-18-17-32-16-8-14-28(32)24-34)27-13-7-15-29(23-27)39(37,38)35-21-19-33(20-22-35)30(25-9-3-1-4-10-25)26-11-5-2-6-12-26/h1-7,9-13,15,23,28,30H,8,14,16-22,24H2/t28-/m0/s1. The highest BCUT2D eigenvalue weighted by atomic mass is 32.2. The molecule has 0 radical (unpaired) electrons. The van der Waals surface area contributed by atoms with Crippen molar-refractivity contribution in [2.45, 2.75) is 29.8 Å². The van der Waals surface area contributed by atoms with Gasteiger partial charge in [-0.05, 0) is 48.7 Å². The first-order chi connectivity index (χ1) is 19.0. The van der Waals surface area contributed by atoms with Crippen LogP contribution in [0.3, 0.4) is 0 Å². The Morgan fingerprint density at radius 2 is 1.41 bits per heavy atom. The molecule has 3 saturated heterocycles. The molecule has 3 aliphatic rings. The van der Waals surface area contributed by atoms with Crippen LogP contribution in [0.25, 0.3) is 0 Å². The minimum absolute atomic E-state index is 0.0681. The average Bonchev–Trinajstić information content (AvgIpc) is 3.47. The highest BCUT2D eigenvalue weighted by Crippen LogP contribution is 2.31. The number of benzene rings is 3. The van der Waals surface area contributed by atoms with Crippen LogP contribution < -0.4 is 0 Å². The van der Waals surface area contributed by atoms with Crippen LogP contribution in [0.15, 0.2) is 89.8 Å². The lowest BCUT2D eigenvalue weighted by atomic mass is 9.96. The summed E-state index contributed by atoms with van der Waals surface area (Å²) >= 11 is 0. The van der Waals surface area contributed by atoms with Gasteiger partial charge >= 0.3 is 0 Å². The first-order valence-electron chi connectivity index (χ1n) is 14.0. The summed E-state index contributed by atoms with van der Waals surface area (Å²) in [5.74, 6) is -0.0722. The maximum atomic E-state index is 13.7. The highest BCUT2D eigenvalue weighted by molar-refractivity contribution is 7.89. The van der Waals surface area contributed by atoms with Crippen LogP contribution >= 0.6 is 0 Å². The van der Waals surface area contributed by atoms with E-state index in [1.807, 2.05) is 41.3 Å². The molecule has 1 amide bonds. The molecule has 39 heavy (non-hydrogen) atoms. The Morgan fingerprint density at radius 1 is 0.744 bits per heavy atom. The lowest BCUT2D eigenvalue weighted by Crippen LogP contribution is -2.52. The third kappa shape index (κ3) is 5.39. The third-order valence-corrected chi connectivity index (χ3v) is 10.4. The number of carbonyl (C=O) groups excluding carboxylic acids is 1. The molecule has 0 unspecified atom stereocenters. The lowest BCUT2D eigenvalue weighted by molar-refractivity contribution is 0.0571. The van der Waals surface area contributed by atoms with Crippen LogP contribution in [0, 0.1) is 0 Å². The molecule has 3 aromatic carbocycles. The second-order valence-electron chi connectivity index (χ2n) is 10.8. The molecule has 0 N–H and O–H groups in total. The fourth-order valence-corrected chi connectivity index (χ4v) is 7.85. The van der Waals surface area contributed by atoms with Gasteiger partial charge in [0.2, 0.25) is 10.0 Å². The SMILES string of the molecule is O=C(c1cccc(S(=O)(=O)N2CCN(C(c3ccccc3)c3ccccc3)CC2)c1)N1CCN2CCC[C@H]2C1. The molecule has 6 rings (SSSR count). The quantitative estimate of drug-likeness (QED) is 0.474. The van der Waals surface area contributed by atoms with Crippen molar-refractivity contribution in [2.24, 2.45) is 0 Å². The fourth-order valence-electron chi connectivity index (χ4n) is 6.38. The van der Waals surface area contributed by atoms with Crippen molar-refractivity contribution in [3.05, 3.63) is 102 Å². The summed E-state index contributed by atoms with van der Waals surface area (Å²) in [7, 11) is -3.71. The van der Waals surface area contributed by atoms with Gasteiger partial charge in [0, 0.05) is 57.4 Å². The summed E-state index contributed by atoms with van der Waals surface area (Å²) < 4.78 is 28.9. The predicted octanol–water partition coefficient (Wildman–Crippen LogP) is 3.70. The van der Waals surface area contributed by atoms with E-state index in [0.717, 1.165) is 26.1 Å². The smallest absolute Gasteiger partial charge is 0.253 e. The van der Waals surface area contributed by atoms with Gasteiger partial charge in [0.15, 0.2) is 0 Å². The topological polar surface area (TPSA) is 64.2 Å². The molecule has 3 heterocycles. The van der Waals surface area contributed by atoms with Crippen molar-refractivity contribution in [3.8, 4) is 0 Å². The molecule has 8 heteroatoms. The maximum Gasteiger partial charge on any atom is 0.253 e. The van der Waals surface area contributed by atoms with E-state index >= 15 is 0 Å². The normalized spacial score (nSPS) is 21.3. The van der Waals surface area contributed by atoms with E-state index < -0.39 is 10.0 Å². The van der Waals surface area contributed by atoms with Crippen LogP contribution in [0.5, 0.6) is 0 Å². The molecule has 0 aromatic heterocycles. The van der Waals surface area contributed by atoms with E-state index in [2.05, 4.69) is 34.1 Å². The molecule has 0 aliphatic carbocycles. The first-order valence-corrected chi connectivity index (χ1v) is 15.4. The number of rotatable bonds is 6. The Bertz CT molecular complexity index is 1350. The average molecular weight is 545 g/mol. The van der Waals surface area contributed by atoms with E-state index in [1.165, 1.54) is 17.5 Å². The molecule has 3 aromatic rings. The van der Waals surface area contributed by atoms with E-state index in [9.17, 15) is 13.2 Å². The van der Waals surface area contributed by atoms with Crippen molar-refractivity contribution in [1.82, 2.24) is 19.0 Å². The van der Waals surface area contributed by atoms with Gasteiger partial charge in [0.1, 0.15) is 0 Å². The number of hydrogen-bond acceptors (Lipinski definition) is 5. The zero-order chi connectivity index (χ0) is 26.8. The van der Waals surface area contributed by atoms with Crippen LogP contribution in [0.1, 0.15) is 40.4 Å². The molecule has 3 aliphatic heterocycles. The highest BCUT2D eigenvalue weighted by Gasteiger charge is 2.35. The van der Waals surface area contributed by atoms with Gasteiger partial charge in [-0.15, -0.1) is 0 Å². The van der Waals surface area contributed by atoms with Crippen LogP contribution in [-0.4, -0.2) is 91.7 Å². The van der Waals surface area contributed by atoms with E-state index in [-0.39, 0.29) is 16.8 Å². The summed E-state index contributed by atoms with van der Waals surface area (Å²) in [5.41, 5.74) is 2.85. The second kappa shape index (κ2) is 11.2. The number of fused-ring (bicyclic) bond motifs is 1. The number of hydrogen-bond donors (Lipinski definition) is 0. The molecular weight excluding hydrogens is 508 g/mol. The third-order valence-electron chi connectivity index (χ3n) is 8.46. The number of carbonyl (C=O) groups is 1. The Hall–Kier alpha value is -3.04. The van der Waals surface area contributed by atoms with Gasteiger partial charge in [-0.1, -0.05) is 66.7 Å². The van der Waals surface area contributed by atoms with Crippen LogP contribution in [0.4, 0.5) is 0 Å². The summed E-state index contributed by atoms with van der Waals surface area (Å²) in [5, 5.41) is 0. The fraction of sp³-hybridized carbons (Fsp3) is 0.387. The summed E-state index contributed by atoms with van der Waals surface area (Å²) in [4.78, 5) is 20.2. The van der Waals surface area contributed by atoms with Crippen molar-refractivity contribution in [2.75, 3.05) is 52.4 Å². The van der Waals surface area contributed by atoms with E-state index in [4.69, 9.17) is 0 Å². The lowest BCUT2D eigenvalue weighted by Gasteiger charge is -2.39. The minimum Gasteiger partial charge on any atom is -0.336 e. The number of nitrogens with zero attached hydrogens (tertiary/aromatic N) is 4. The van der Waals surface area contributed by atoms with Gasteiger partial charge in [-0.3, -0.25) is 14.6 Å². The molecule has 1 atom stereocenters. The number of piperazine rings is 2. The van der Waals surface area contributed by atoms with Crippen LogP contribution in [-0.2, 0) is 10.0 Å². The molecule has 3 fully saturated rings. The van der Waals surface area contributed by atoms with E-state index in [1.54, 1.807) is 28.6 Å². The zero-order valence-corrected chi connectivity index (χ0v) is 23.0. The van der Waals surface area contributed by atoms with Crippen molar-refractivity contribution in [3.63, 3.8) is 0 Å². The zero-order valence-electron chi connectivity index (χ0n) is 22.2. The van der Waals surface area contributed by atoms with Gasteiger partial charge in [-0.25, -0.2) is 8.42 Å². The summed E-state index contributed by atoms with van der Waals surface area (Å²) in [6.45, 7) is 5.48. The predicted molar refractivity (Wildman–Crippen MR) is 152 cm³/mol. The Kier molecular flexibility index (Phi) is 7.53. The van der Waals surface area contributed by atoms with E-state index in [0.29, 0.717) is 44.3 Å². The maximum absolute atomic E-state index is 13.7. The summed E-state index contributed by atoms with van der Waals surface area (Å²) in [6, 6.07) is 27.9. The Morgan fingerprint density at radius 3 is 2.08 bits per heavy atom. The Balaban J connectivity index is 1.16. The Labute approximate surface area is 231 Å². The van der Waals surface area contributed by atoms with Crippen molar-refractivity contribution < 1.29 is 13.2 Å². The first kappa shape index (κ1) is 26.2. The number of sulfonamides is 1. The number of amides is 1.